The predicted octanol–water partition coefficient (Wildman–Crippen LogP) is 2.75. The minimum Gasteiger partial charge on any atom is -0.332 e. The van der Waals surface area contributed by atoms with Crippen molar-refractivity contribution in [2.75, 3.05) is 0 Å². The highest BCUT2D eigenvalue weighted by atomic mass is 35.5. The van der Waals surface area contributed by atoms with Crippen LogP contribution in [-0.4, -0.2) is 14.5 Å². The van der Waals surface area contributed by atoms with Crippen LogP contribution in [0.5, 0.6) is 0 Å². The van der Waals surface area contributed by atoms with Crippen molar-refractivity contribution >= 4 is 22.5 Å². The van der Waals surface area contributed by atoms with Gasteiger partial charge in [-0.1, -0.05) is 23.7 Å². The zero-order valence-electron chi connectivity index (χ0n) is 10.5. The summed E-state index contributed by atoms with van der Waals surface area (Å²) in [5.74, 6) is 0. The second kappa shape index (κ2) is 4.64. The Morgan fingerprint density at radius 2 is 2.21 bits per heavy atom. The number of halogens is 1. The molecule has 2 heterocycles. The SMILES string of the molecule is Cn1cncc1-c1nc2c(Cl)cccc2cc1CN. The highest BCUT2D eigenvalue weighted by Crippen LogP contribution is 2.28. The predicted molar refractivity (Wildman–Crippen MR) is 76.8 cm³/mol. The molecule has 96 valence electrons. The summed E-state index contributed by atoms with van der Waals surface area (Å²) in [5.41, 5.74) is 9.38. The zero-order valence-corrected chi connectivity index (χ0v) is 11.2. The fraction of sp³-hybridized carbons (Fsp3) is 0.143. The minimum absolute atomic E-state index is 0.427. The van der Waals surface area contributed by atoms with E-state index >= 15 is 0 Å². The molecule has 0 fully saturated rings. The smallest absolute Gasteiger partial charge is 0.0948 e. The van der Waals surface area contributed by atoms with Gasteiger partial charge in [-0.2, -0.15) is 0 Å². The Morgan fingerprint density at radius 1 is 1.37 bits per heavy atom. The van der Waals surface area contributed by atoms with Crippen LogP contribution in [0.15, 0.2) is 36.8 Å². The van der Waals surface area contributed by atoms with Gasteiger partial charge in [-0.15, -0.1) is 0 Å². The van der Waals surface area contributed by atoms with Gasteiger partial charge in [-0.05, 0) is 17.7 Å². The molecule has 0 spiro atoms. The van der Waals surface area contributed by atoms with Crippen LogP contribution in [0, 0.1) is 0 Å². The molecule has 0 unspecified atom stereocenters. The third kappa shape index (κ3) is 1.99. The first-order valence-electron chi connectivity index (χ1n) is 5.95. The summed E-state index contributed by atoms with van der Waals surface area (Å²) in [7, 11) is 1.93. The van der Waals surface area contributed by atoms with Gasteiger partial charge in [0.05, 0.1) is 34.5 Å². The van der Waals surface area contributed by atoms with Gasteiger partial charge in [0.1, 0.15) is 0 Å². The number of hydrogen-bond donors (Lipinski definition) is 1. The van der Waals surface area contributed by atoms with E-state index in [9.17, 15) is 0 Å². The first kappa shape index (κ1) is 12.1. The molecule has 0 aliphatic heterocycles. The Bertz CT molecular complexity index is 748. The molecule has 0 amide bonds. The van der Waals surface area contributed by atoms with E-state index < -0.39 is 0 Å². The summed E-state index contributed by atoms with van der Waals surface area (Å²) in [4.78, 5) is 8.80. The van der Waals surface area contributed by atoms with Crippen LogP contribution in [0.25, 0.3) is 22.3 Å². The molecular formula is C14H13ClN4. The summed E-state index contributed by atoms with van der Waals surface area (Å²) >= 11 is 6.21. The lowest BCUT2D eigenvalue weighted by Gasteiger charge is -2.10. The summed E-state index contributed by atoms with van der Waals surface area (Å²) < 4.78 is 1.92. The lowest BCUT2D eigenvalue weighted by molar-refractivity contribution is 0.912. The van der Waals surface area contributed by atoms with Crippen LogP contribution in [0.3, 0.4) is 0 Å². The molecule has 0 saturated carbocycles. The third-order valence-electron chi connectivity index (χ3n) is 3.15. The number of nitrogens with two attached hydrogens (primary N) is 1. The summed E-state index contributed by atoms with van der Waals surface area (Å²) in [6.45, 7) is 0.427. The number of para-hydroxylation sites is 1. The molecule has 3 rings (SSSR count). The van der Waals surface area contributed by atoms with Crippen molar-refractivity contribution in [2.45, 2.75) is 6.54 Å². The van der Waals surface area contributed by atoms with Crippen molar-refractivity contribution < 1.29 is 0 Å². The van der Waals surface area contributed by atoms with Crippen LogP contribution in [0.4, 0.5) is 0 Å². The van der Waals surface area contributed by atoms with Gasteiger partial charge in [0.25, 0.3) is 0 Å². The Morgan fingerprint density at radius 3 is 2.89 bits per heavy atom. The highest BCUT2D eigenvalue weighted by molar-refractivity contribution is 6.35. The lowest BCUT2D eigenvalue weighted by atomic mass is 10.1. The van der Waals surface area contributed by atoms with Gasteiger partial charge < -0.3 is 10.3 Å². The number of benzene rings is 1. The number of imidazole rings is 1. The molecular weight excluding hydrogens is 260 g/mol. The number of aryl methyl sites for hydroxylation is 1. The molecule has 4 nitrogen and oxygen atoms in total. The zero-order chi connectivity index (χ0) is 13.4. The van der Waals surface area contributed by atoms with Crippen LogP contribution in [0.1, 0.15) is 5.56 Å². The third-order valence-corrected chi connectivity index (χ3v) is 3.46. The topological polar surface area (TPSA) is 56.7 Å². The van der Waals surface area contributed by atoms with Crippen LogP contribution >= 0.6 is 11.6 Å². The van der Waals surface area contributed by atoms with E-state index in [0.29, 0.717) is 11.6 Å². The monoisotopic (exact) mass is 272 g/mol. The fourth-order valence-electron chi connectivity index (χ4n) is 2.17. The maximum absolute atomic E-state index is 6.21. The molecule has 0 atom stereocenters. The molecule has 5 heteroatoms. The molecule has 0 radical (unpaired) electrons. The van der Waals surface area contributed by atoms with Gasteiger partial charge >= 0.3 is 0 Å². The lowest BCUT2D eigenvalue weighted by Crippen LogP contribution is -2.03. The largest absolute Gasteiger partial charge is 0.332 e. The van der Waals surface area contributed by atoms with Crippen molar-refractivity contribution in [1.82, 2.24) is 14.5 Å². The quantitative estimate of drug-likeness (QED) is 0.780. The Hall–Kier alpha value is -1.91. The Kier molecular flexibility index (Phi) is 2.97. The van der Waals surface area contributed by atoms with Gasteiger partial charge in [0, 0.05) is 19.0 Å². The molecule has 1 aromatic carbocycles. The standard InChI is InChI=1S/C14H13ClN4/c1-19-8-17-7-12(19)14-10(6-16)5-9-3-2-4-11(15)13(9)18-14/h2-5,7-8H,6,16H2,1H3. The molecule has 2 aromatic heterocycles. The van der Waals surface area contributed by atoms with E-state index in [0.717, 1.165) is 27.9 Å². The maximum atomic E-state index is 6.21. The molecule has 2 N–H and O–H groups in total. The number of fused-ring (bicyclic) bond motifs is 1. The summed E-state index contributed by atoms with van der Waals surface area (Å²) in [5, 5.41) is 1.64. The van der Waals surface area contributed by atoms with E-state index in [-0.39, 0.29) is 0 Å². The van der Waals surface area contributed by atoms with Gasteiger partial charge in [0.2, 0.25) is 0 Å². The molecule has 0 bridgehead atoms. The first-order chi connectivity index (χ1) is 9.20. The van der Waals surface area contributed by atoms with Crippen molar-refractivity contribution in [3.05, 3.63) is 47.4 Å². The van der Waals surface area contributed by atoms with Crippen molar-refractivity contribution in [2.24, 2.45) is 12.8 Å². The number of pyridine rings is 1. The second-order valence-electron chi connectivity index (χ2n) is 4.40. The first-order valence-corrected chi connectivity index (χ1v) is 6.33. The van der Waals surface area contributed by atoms with Crippen molar-refractivity contribution in [1.29, 1.82) is 0 Å². The average molecular weight is 273 g/mol. The normalized spacial score (nSPS) is 11.1. The van der Waals surface area contributed by atoms with Gasteiger partial charge in [-0.3, -0.25) is 0 Å². The molecule has 0 saturated heterocycles. The van der Waals surface area contributed by atoms with Crippen molar-refractivity contribution in [3.63, 3.8) is 0 Å². The number of hydrogen-bond acceptors (Lipinski definition) is 3. The molecule has 0 aliphatic carbocycles. The van der Waals surface area contributed by atoms with E-state index in [2.05, 4.69) is 9.97 Å². The number of aromatic nitrogens is 3. The average Bonchev–Trinajstić information content (AvgIpc) is 2.84. The maximum Gasteiger partial charge on any atom is 0.0948 e. The van der Waals surface area contributed by atoms with Crippen LogP contribution in [0.2, 0.25) is 5.02 Å². The number of rotatable bonds is 2. The van der Waals surface area contributed by atoms with E-state index in [1.807, 2.05) is 35.9 Å². The Labute approximate surface area is 115 Å². The van der Waals surface area contributed by atoms with Crippen molar-refractivity contribution in [3.8, 4) is 11.4 Å². The summed E-state index contributed by atoms with van der Waals surface area (Å²) in [6, 6.07) is 7.78. The second-order valence-corrected chi connectivity index (χ2v) is 4.81. The van der Waals surface area contributed by atoms with Gasteiger partial charge in [0.15, 0.2) is 0 Å². The number of nitrogens with zero attached hydrogens (tertiary/aromatic N) is 3. The van der Waals surface area contributed by atoms with E-state index in [4.69, 9.17) is 17.3 Å². The molecule has 0 aliphatic rings. The van der Waals surface area contributed by atoms with E-state index in [1.165, 1.54) is 0 Å². The highest BCUT2D eigenvalue weighted by Gasteiger charge is 2.12. The summed E-state index contributed by atoms with van der Waals surface area (Å²) in [6.07, 6.45) is 3.53. The minimum atomic E-state index is 0.427. The van der Waals surface area contributed by atoms with Crippen LogP contribution in [-0.2, 0) is 13.6 Å². The molecule has 19 heavy (non-hydrogen) atoms. The van der Waals surface area contributed by atoms with Gasteiger partial charge in [-0.25, -0.2) is 9.97 Å². The van der Waals surface area contributed by atoms with Crippen LogP contribution < -0.4 is 5.73 Å². The van der Waals surface area contributed by atoms with E-state index in [1.54, 1.807) is 12.5 Å². The Balaban J connectivity index is 2.34. The molecule has 3 aromatic rings. The fourth-order valence-corrected chi connectivity index (χ4v) is 2.39.